The van der Waals surface area contributed by atoms with Gasteiger partial charge in [-0.25, -0.2) is 9.37 Å². The third-order valence-electron chi connectivity index (χ3n) is 5.67. The molecule has 5 nitrogen and oxygen atoms in total. The molecule has 1 aliphatic rings. The van der Waals surface area contributed by atoms with Crippen LogP contribution in [0.4, 0.5) is 10.2 Å². The molecule has 1 aromatic heterocycles. The molecule has 0 saturated heterocycles. The van der Waals surface area contributed by atoms with Crippen molar-refractivity contribution in [1.29, 1.82) is 0 Å². The van der Waals surface area contributed by atoms with Crippen molar-refractivity contribution >= 4 is 5.82 Å². The van der Waals surface area contributed by atoms with Crippen molar-refractivity contribution in [3.8, 4) is 11.5 Å². The maximum absolute atomic E-state index is 14.9. The molecule has 0 unspecified atom stereocenters. The molecule has 30 heavy (non-hydrogen) atoms. The van der Waals surface area contributed by atoms with Crippen LogP contribution in [0.1, 0.15) is 28.3 Å². The number of halogens is 1. The van der Waals surface area contributed by atoms with E-state index in [9.17, 15) is 4.39 Å². The fourth-order valence-corrected chi connectivity index (χ4v) is 4.24. The molecule has 1 N–H and O–H groups in total. The molecular formula is C24H26FN3O2. The number of benzene rings is 2. The number of hydrogen-bond acceptors (Lipinski definition) is 5. The maximum atomic E-state index is 14.9. The van der Waals surface area contributed by atoms with Crippen LogP contribution in [-0.4, -0.2) is 37.7 Å². The summed E-state index contributed by atoms with van der Waals surface area (Å²) in [6.07, 6.45) is 2.61. The molecule has 1 aliphatic heterocycles. The summed E-state index contributed by atoms with van der Waals surface area (Å²) in [5.41, 5.74) is 3.92. The summed E-state index contributed by atoms with van der Waals surface area (Å²) in [4.78, 5) is 6.72. The molecule has 0 fully saturated rings. The van der Waals surface area contributed by atoms with E-state index in [1.807, 2.05) is 37.4 Å². The second-order valence-corrected chi connectivity index (χ2v) is 7.31. The first kappa shape index (κ1) is 20.2. The highest BCUT2D eigenvalue weighted by Gasteiger charge is 2.32. The lowest BCUT2D eigenvalue weighted by atomic mass is 9.87. The first-order valence-corrected chi connectivity index (χ1v) is 10.0. The van der Waals surface area contributed by atoms with Gasteiger partial charge in [0.2, 0.25) is 0 Å². The van der Waals surface area contributed by atoms with E-state index >= 15 is 0 Å². The zero-order valence-corrected chi connectivity index (χ0v) is 17.5. The van der Waals surface area contributed by atoms with Gasteiger partial charge in [0.1, 0.15) is 11.6 Å². The summed E-state index contributed by atoms with van der Waals surface area (Å²) >= 11 is 0. The van der Waals surface area contributed by atoms with Crippen LogP contribution in [0.15, 0.2) is 54.7 Å². The summed E-state index contributed by atoms with van der Waals surface area (Å²) in [7, 11) is 5.12. The van der Waals surface area contributed by atoms with Crippen molar-refractivity contribution in [2.24, 2.45) is 0 Å². The number of fused-ring (bicyclic) bond motifs is 1. The van der Waals surface area contributed by atoms with E-state index in [1.54, 1.807) is 26.5 Å². The number of pyridine rings is 1. The maximum Gasteiger partial charge on any atom is 0.161 e. The third-order valence-corrected chi connectivity index (χ3v) is 5.67. The monoisotopic (exact) mass is 407 g/mol. The van der Waals surface area contributed by atoms with Gasteiger partial charge in [0, 0.05) is 37.5 Å². The molecule has 4 rings (SSSR count). The predicted octanol–water partition coefficient (Wildman–Crippen LogP) is 4.43. The molecule has 0 bridgehead atoms. The Kier molecular flexibility index (Phi) is 5.86. The fraction of sp³-hybridized carbons (Fsp3) is 0.292. The zero-order chi connectivity index (χ0) is 21.1. The van der Waals surface area contributed by atoms with Gasteiger partial charge in [-0.3, -0.25) is 4.90 Å². The fourth-order valence-electron chi connectivity index (χ4n) is 4.24. The quantitative estimate of drug-likeness (QED) is 0.655. The second-order valence-electron chi connectivity index (χ2n) is 7.31. The third kappa shape index (κ3) is 3.71. The standard InChI is InChI=1S/C24H26FN3O2/c1-26-24-17(7-6-11-27-24)15-28-12-10-16-13-21(29-2)22(30-3)14-19(16)23(28)18-8-4-5-9-20(18)25/h4-9,11,13-14,23H,10,12,15H2,1-3H3,(H,26,27)/t23-/m1/s1. The van der Waals surface area contributed by atoms with E-state index in [0.29, 0.717) is 23.6 Å². The van der Waals surface area contributed by atoms with Crippen molar-refractivity contribution in [1.82, 2.24) is 9.88 Å². The molecule has 0 amide bonds. The second kappa shape index (κ2) is 8.71. The van der Waals surface area contributed by atoms with Gasteiger partial charge in [0.25, 0.3) is 0 Å². The molecular weight excluding hydrogens is 381 g/mol. The Balaban J connectivity index is 1.83. The van der Waals surface area contributed by atoms with Crippen molar-refractivity contribution in [2.75, 3.05) is 33.1 Å². The van der Waals surface area contributed by atoms with Gasteiger partial charge < -0.3 is 14.8 Å². The van der Waals surface area contributed by atoms with E-state index in [4.69, 9.17) is 9.47 Å². The van der Waals surface area contributed by atoms with E-state index in [-0.39, 0.29) is 11.9 Å². The van der Waals surface area contributed by atoms with Crippen molar-refractivity contribution in [3.05, 3.63) is 82.8 Å². The van der Waals surface area contributed by atoms with Gasteiger partial charge in [0.15, 0.2) is 11.5 Å². The highest BCUT2D eigenvalue weighted by atomic mass is 19.1. The molecule has 0 spiro atoms. The van der Waals surface area contributed by atoms with Gasteiger partial charge in [-0.15, -0.1) is 0 Å². The van der Waals surface area contributed by atoms with Gasteiger partial charge >= 0.3 is 0 Å². The van der Waals surface area contributed by atoms with Crippen LogP contribution in [-0.2, 0) is 13.0 Å². The highest BCUT2D eigenvalue weighted by molar-refractivity contribution is 5.52. The number of rotatable bonds is 6. The minimum absolute atomic E-state index is 0.213. The first-order chi connectivity index (χ1) is 14.7. The number of nitrogens with one attached hydrogen (secondary N) is 1. The average molecular weight is 407 g/mol. The molecule has 156 valence electrons. The minimum atomic E-state index is -0.236. The Hall–Kier alpha value is -3.12. The van der Waals surface area contributed by atoms with Gasteiger partial charge in [-0.2, -0.15) is 0 Å². The smallest absolute Gasteiger partial charge is 0.161 e. The predicted molar refractivity (Wildman–Crippen MR) is 116 cm³/mol. The van der Waals surface area contributed by atoms with Crippen molar-refractivity contribution < 1.29 is 13.9 Å². The SMILES string of the molecule is CNc1ncccc1CN1CCc2cc(OC)c(OC)cc2[C@H]1c1ccccc1F. The molecule has 6 heteroatoms. The van der Waals surface area contributed by atoms with Crippen molar-refractivity contribution in [2.45, 2.75) is 19.0 Å². The van der Waals surface area contributed by atoms with E-state index in [1.165, 1.54) is 6.07 Å². The van der Waals surface area contributed by atoms with Gasteiger partial charge in [-0.05, 0) is 41.8 Å². The molecule has 2 heterocycles. The summed E-state index contributed by atoms with van der Waals surface area (Å²) in [6, 6.07) is 14.7. The minimum Gasteiger partial charge on any atom is -0.493 e. The summed E-state index contributed by atoms with van der Waals surface area (Å²) < 4.78 is 26.0. The largest absolute Gasteiger partial charge is 0.493 e. The Morgan fingerprint density at radius 2 is 1.83 bits per heavy atom. The van der Waals surface area contributed by atoms with Crippen LogP contribution in [0, 0.1) is 5.82 Å². The van der Waals surface area contributed by atoms with Gasteiger partial charge in [-0.1, -0.05) is 24.3 Å². The highest BCUT2D eigenvalue weighted by Crippen LogP contribution is 2.42. The van der Waals surface area contributed by atoms with Gasteiger partial charge in [0.05, 0.1) is 20.3 Å². The summed E-state index contributed by atoms with van der Waals surface area (Å²) in [5.74, 6) is 1.97. The number of anilines is 1. The Morgan fingerprint density at radius 3 is 2.57 bits per heavy atom. The summed E-state index contributed by atoms with van der Waals surface area (Å²) in [6.45, 7) is 1.44. The number of ether oxygens (including phenoxy) is 2. The Bertz CT molecular complexity index is 1040. The van der Waals surface area contributed by atoms with E-state index in [2.05, 4.69) is 21.3 Å². The molecule has 0 aliphatic carbocycles. The normalized spacial score (nSPS) is 16.1. The average Bonchev–Trinajstić information content (AvgIpc) is 2.79. The number of nitrogens with zero attached hydrogens (tertiary/aromatic N) is 2. The molecule has 3 aromatic rings. The molecule has 0 radical (unpaired) electrons. The van der Waals surface area contributed by atoms with E-state index in [0.717, 1.165) is 35.5 Å². The van der Waals surface area contributed by atoms with Crippen LogP contribution in [0.3, 0.4) is 0 Å². The molecule has 1 atom stereocenters. The zero-order valence-electron chi connectivity index (χ0n) is 17.5. The number of hydrogen-bond donors (Lipinski definition) is 1. The van der Waals surface area contributed by atoms with Crippen LogP contribution in [0.2, 0.25) is 0 Å². The van der Waals surface area contributed by atoms with Crippen LogP contribution >= 0.6 is 0 Å². The topological polar surface area (TPSA) is 46.6 Å². The Morgan fingerprint density at radius 1 is 1.07 bits per heavy atom. The lowest BCUT2D eigenvalue weighted by molar-refractivity contribution is 0.200. The number of aromatic nitrogens is 1. The van der Waals surface area contributed by atoms with Crippen molar-refractivity contribution in [3.63, 3.8) is 0 Å². The van der Waals surface area contributed by atoms with Crippen LogP contribution in [0.5, 0.6) is 11.5 Å². The van der Waals surface area contributed by atoms with E-state index < -0.39 is 0 Å². The lowest BCUT2D eigenvalue weighted by Gasteiger charge is -2.38. The molecule has 0 saturated carbocycles. The lowest BCUT2D eigenvalue weighted by Crippen LogP contribution is -2.36. The first-order valence-electron chi connectivity index (χ1n) is 10.0. The van der Waals surface area contributed by atoms with Crippen LogP contribution < -0.4 is 14.8 Å². The number of methoxy groups -OCH3 is 2. The van der Waals surface area contributed by atoms with Crippen LogP contribution in [0.25, 0.3) is 0 Å². The molecule has 2 aromatic carbocycles. The summed E-state index contributed by atoms with van der Waals surface area (Å²) in [5, 5.41) is 3.16. The Labute approximate surface area is 176 Å².